The number of aryl methyl sites for hydroxylation is 1. The maximum absolute atomic E-state index is 12.6. The van der Waals surface area contributed by atoms with Gasteiger partial charge in [0.25, 0.3) is 5.91 Å². The van der Waals surface area contributed by atoms with Gasteiger partial charge >= 0.3 is 0 Å². The van der Waals surface area contributed by atoms with Gasteiger partial charge in [0.15, 0.2) is 0 Å². The lowest BCUT2D eigenvalue weighted by Crippen LogP contribution is -2.34. The standard InChI is InChI=1S/C20H27N3O4S/c1-14-10-11-15(12-17(14)22-28(5,25)26)20(24)21-13-18(23(2)3)16-8-6-7-9-19(16)27-4/h6-12,18,22H,13H2,1-5H3,(H,21,24). The van der Waals surface area contributed by atoms with Crippen LogP contribution in [0.25, 0.3) is 0 Å². The van der Waals surface area contributed by atoms with Gasteiger partial charge in [-0.3, -0.25) is 9.52 Å². The van der Waals surface area contributed by atoms with Crippen LogP contribution in [0.2, 0.25) is 0 Å². The number of ether oxygens (including phenoxy) is 1. The number of likely N-dealkylation sites (N-methyl/N-ethyl adjacent to an activating group) is 1. The molecule has 0 heterocycles. The number of anilines is 1. The molecule has 0 fully saturated rings. The maximum atomic E-state index is 12.6. The molecule has 152 valence electrons. The molecule has 0 spiro atoms. The predicted molar refractivity (Wildman–Crippen MR) is 111 cm³/mol. The van der Waals surface area contributed by atoms with Crippen molar-refractivity contribution in [1.82, 2.24) is 10.2 Å². The highest BCUT2D eigenvalue weighted by Gasteiger charge is 2.19. The van der Waals surface area contributed by atoms with Crippen molar-refractivity contribution >= 4 is 21.6 Å². The van der Waals surface area contributed by atoms with Gasteiger partial charge in [-0.15, -0.1) is 0 Å². The van der Waals surface area contributed by atoms with Gasteiger partial charge < -0.3 is 15.0 Å². The fourth-order valence-electron chi connectivity index (χ4n) is 2.88. The zero-order valence-corrected chi connectivity index (χ0v) is 17.6. The number of amides is 1. The van der Waals surface area contributed by atoms with Crippen LogP contribution in [0.3, 0.4) is 0 Å². The number of nitrogens with one attached hydrogen (secondary N) is 2. The summed E-state index contributed by atoms with van der Waals surface area (Å²) in [6.07, 6.45) is 1.08. The Labute approximate surface area is 166 Å². The van der Waals surface area contributed by atoms with Gasteiger partial charge in [-0.1, -0.05) is 24.3 Å². The molecule has 0 aliphatic carbocycles. The first kappa shape index (κ1) is 21.7. The highest BCUT2D eigenvalue weighted by molar-refractivity contribution is 7.92. The Hall–Kier alpha value is -2.58. The third kappa shape index (κ3) is 5.71. The number of nitrogens with zero attached hydrogens (tertiary/aromatic N) is 1. The lowest BCUT2D eigenvalue weighted by atomic mass is 10.0. The predicted octanol–water partition coefficient (Wildman–Crippen LogP) is 2.41. The van der Waals surface area contributed by atoms with Crippen molar-refractivity contribution in [2.24, 2.45) is 0 Å². The Morgan fingerprint density at radius 3 is 2.46 bits per heavy atom. The van der Waals surface area contributed by atoms with Crippen molar-refractivity contribution in [3.63, 3.8) is 0 Å². The number of rotatable bonds is 8. The second-order valence-corrected chi connectivity index (χ2v) is 8.58. The molecule has 7 nitrogen and oxygen atoms in total. The molecular formula is C20H27N3O4S. The molecule has 2 rings (SSSR count). The van der Waals surface area contributed by atoms with E-state index in [4.69, 9.17) is 4.74 Å². The molecule has 1 atom stereocenters. The summed E-state index contributed by atoms with van der Waals surface area (Å²) in [7, 11) is 2.06. The van der Waals surface area contributed by atoms with Crippen LogP contribution >= 0.6 is 0 Å². The summed E-state index contributed by atoms with van der Waals surface area (Å²) in [5, 5.41) is 2.93. The molecule has 28 heavy (non-hydrogen) atoms. The van der Waals surface area contributed by atoms with Crippen LogP contribution in [0.5, 0.6) is 5.75 Å². The van der Waals surface area contributed by atoms with E-state index in [9.17, 15) is 13.2 Å². The van der Waals surface area contributed by atoms with Gasteiger partial charge in [-0.2, -0.15) is 0 Å². The zero-order valence-electron chi connectivity index (χ0n) is 16.8. The molecule has 0 saturated heterocycles. The van der Waals surface area contributed by atoms with Crippen LogP contribution in [0, 0.1) is 6.92 Å². The van der Waals surface area contributed by atoms with E-state index in [1.54, 1.807) is 32.2 Å². The maximum Gasteiger partial charge on any atom is 0.251 e. The molecule has 0 aliphatic heterocycles. The van der Waals surface area contributed by atoms with E-state index in [-0.39, 0.29) is 11.9 Å². The Morgan fingerprint density at radius 1 is 1.18 bits per heavy atom. The van der Waals surface area contributed by atoms with E-state index < -0.39 is 10.0 Å². The second kappa shape index (κ2) is 9.07. The number of hydrogen-bond donors (Lipinski definition) is 2. The average Bonchev–Trinajstić information content (AvgIpc) is 2.62. The molecule has 2 aromatic rings. The van der Waals surface area contributed by atoms with Crippen LogP contribution in [-0.2, 0) is 10.0 Å². The van der Waals surface area contributed by atoms with Crippen molar-refractivity contribution in [1.29, 1.82) is 0 Å². The lowest BCUT2D eigenvalue weighted by Gasteiger charge is -2.26. The fourth-order valence-corrected chi connectivity index (χ4v) is 3.50. The first-order valence-corrected chi connectivity index (χ1v) is 10.7. The van der Waals surface area contributed by atoms with Crippen LogP contribution in [0.4, 0.5) is 5.69 Å². The minimum absolute atomic E-state index is 0.0841. The lowest BCUT2D eigenvalue weighted by molar-refractivity contribution is 0.0941. The number of hydrogen-bond acceptors (Lipinski definition) is 5. The van der Waals surface area contributed by atoms with E-state index in [1.165, 1.54) is 0 Å². The second-order valence-electron chi connectivity index (χ2n) is 6.84. The summed E-state index contributed by atoms with van der Waals surface area (Å²) in [4.78, 5) is 14.7. The number of benzene rings is 2. The largest absolute Gasteiger partial charge is 0.496 e. The van der Waals surface area contributed by atoms with E-state index >= 15 is 0 Å². The van der Waals surface area contributed by atoms with Crippen molar-refractivity contribution in [3.8, 4) is 5.75 Å². The Kier molecular flexibility index (Phi) is 7.04. The fraction of sp³-hybridized carbons (Fsp3) is 0.350. The summed E-state index contributed by atoms with van der Waals surface area (Å²) < 4.78 is 30.9. The molecule has 0 saturated carbocycles. The molecule has 0 bridgehead atoms. The molecule has 1 amide bonds. The number of para-hydroxylation sites is 1. The van der Waals surface area contributed by atoms with Crippen molar-refractivity contribution < 1.29 is 17.9 Å². The minimum atomic E-state index is -3.43. The Balaban J connectivity index is 2.18. The summed E-state index contributed by atoms with van der Waals surface area (Å²) in [5.41, 5.74) is 2.49. The van der Waals surface area contributed by atoms with Crippen LogP contribution in [0.15, 0.2) is 42.5 Å². The summed E-state index contributed by atoms with van der Waals surface area (Å²) in [5.74, 6) is 0.476. The summed E-state index contributed by atoms with van der Waals surface area (Å²) in [6, 6.07) is 12.5. The third-order valence-corrected chi connectivity index (χ3v) is 4.96. The minimum Gasteiger partial charge on any atom is -0.496 e. The first-order chi connectivity index (χ1) is 13.1. The van der Waals surface area contributed by atoms with Gasteiger partial charge in [0.2, 0.25) is 10.0 Å². The molecule has 2 N–H and O–H groups in total. The molecule has 1 unspecified atom stereocenters. The van der Waals surface area contributed by atoms with E-state index in [1.807, 2.05) is 43.3 Å². The third-order valence-electron chi connectivity index (χ3n) is 4.37. The quantitative estimate of drug-likeness (QED) is 0.704. The van der Waals surface area contributed by atoms with Gasteiger partial charge in [-0.25, -0.2) is 8.42 Å². The number of methoxy groups -OCH3 is 1. The number of carbonyl (C=O) groups excluding carboxylic acids is 1. The molecule has 8 heteroatoms. The van der Waals surface area contributed by atoms with Crippen molar-refractivity contribution in [3.05, 3.63) is 59.2 Å². The summed E-state index contributed by atoms with van der Waals surface area (Å²) in [6.45, 7) is 2.15. The molecule has 0 radical (unpaired) electrons. The Bertz CT molecular complexity index is 942. The van der Waals surface area contributed by atoms with Crippen LogP contribution < -0.4 is 14.8 Å². The van der Waals surface area contributed by atoms with Gasteiger partial charge in [0, 0.05) is 17.7 Å². The highest BCUT2D eigenvalue weighted by atomic mass is 32.2. The van der Waals surface area contributed by atoms with E-state index in [2.05, 4.69) is 10.0 Å². The summed E-state index contributed by atoms with van der Waals surface area (Å²) >= 11 is 0. The zero-order chi connectivity index (χ0) is 20.9. The SMILES string of the molecule is COc1ccccc1C(CNC(=O)c1ccc(C)c(NS(C)(=O)=O)c1)N(C)C. The average molecular weight is 406 g/mol. The van der Waals surface area contributed by atoms with Gasteiger partial charge in [0.1, 0.15) is 5.75 Å². The topological polar surface area (TPSA) is 87.7 Å². The van der Waals surface area contributed by atoms with Crippen molar-refractivity contribution in [2.45, 2.75) is 13.0 Å². The molecular weight excluding hydrogens is 378 g/mol. The highest BCUT2D eigenvalue weighted by Crippen LogP contribution is 2.27. The monoisotopic (exact) mass is 405 g/mol. The smallest absolute Gasteiger partial charge is 0.251 e. The van der Waals surface area contributed by atoms with E-state index in [0.717, 1.165) is 23.1 Å². The Morgan fingerprint density at radius 2 is 1.86 bits per heavy atom. The van der Waals surface area contributed by atoms with Crippen LogP contribution in [-0.4, -0.2) is 53.2 Å². The first-order valence-electron chi connectivity index (χ1n) is 8.78. The molecule has 2 aromatic carbocycles. The molecule has 0 aliphatic rings. The van der Waals surface area contributed by atoms with Gasteiger partial charge in [0.05, 0.1) is 25.1 Å². The number of carbonyl (C=O) groups is 1. The van der Waals surface area contributed by atoms with Crippen molar-refractivity contribution in [2.75, 3.05) is 38.7 Å². The van der Waals surface area contributed by atoms with Gasteiger partial charge in [-0.05, 0) is 44.8 Å². The molecule has 0 aromatic heterocycles. The van der Waals surface area contributed by atoms with E-state index in [0.29, 0.717) is 17.8 Å². The normalized spacial score (nSPS) is 12.5. The van der Waals surface area contributed by atoms with Crippen LogP contribution in [0.1, 0.15) is 27.5 Å². The number of sulfonamides is 1.